The van der Waals surface area contributed by atoms with Crippen LogP contribution in [-0.4, -0.2) is 15.6 Å². The zero-order chi connectivity index (χ0) is 20.4. The Kier molecular flexibility index (Phi) is 5.60. The normalized spacial score (nSPS) is 11.3. The molecule has 5 nitrogen and oxygen atoms in total. The summed E-state index contributed by atoms with van der Waals surface area (Å²) in [5.74, 6) is 0.465. The Morgan fingerprint density at radius 3 is 2.34 bits per heavy atom. The van der Waals surface area contributed by atoms with Crippen LogP contribution in [0.25, 0.3) is 5.65 Å². The molecule has 0 radical (unpaired) electrons. The molecule has 0 aliphatic heterocycles. The van der Waals surface area contributed by atoms with Crippen LogP contribution < -0.4 is 10.9 Å². The Hall–Kier alpha value is -2.77. The SMILES string of the molecule is Cc1cccn2c(=O)c(C=Nc3ccc(Br)cc3)c(Nc3ccc(Br)cc3)nc12. The summed E-state index contributed by atoms with van der Waals surface area (Å²) in [7, 11) is 0. The number of pyridine rings is 1. The highest BCUT2D eigenvalue weighted by Gasteiger charge is 2.13. The number of anilines is 2. The average Bonchev–Trinajstić information content (AvgIpc) is 2.71. The van der Waals surface area contributed by atoms with Gasteiger partial charge in [0.15, 0.2) is 0 Å². The second-order valence-corrected chi connectivity index (χ2v) is 8.26. The summed E-state index contributed by atoms with van der Waals surface area (Å²) in [5, 5.41) is 3.26. The van der Waals surface area contributed by atoms with E-state index in [-0.39, 0.29) is 5.56 Å². The Morgan fingerprint density at radius 2 is 1.66 bits per heavy atom. The summed E-state index contributed by atoms with van der Waals surface area (Å²) in [5.41, 5.74) is 3.31. The molecule has 29 heavy (non-hydrogen) atoms. The summed E-state index contributed by atoms with van der Waals surface area (Å²) < 4.78 is 3.49. The van der Waals surface area contributed by atoms with Gasteiger partial charge in [0.05, 0.1) is 5.69 Å². The number of rotatable bonds is 4. The smallest absolute Gasteiger partial charge is 0.268 e. The quantitative estimate of drug-likeness (QED) is 0.341. The second kappa shape index (κ2) is 8.31. The largest absolute Gasteiger partial charge is 0.339 e. The van der Waals surface area contributed by atoms with Gasteiger partial charge >= 0.3 is 0 Å². The first-order valence-corrected chi connectivity index (χ1v) is 10.4. The van der Waals surface area contributed by atoms with Gasteiger partial charge in [-0.3, -0.25) is 14.2 Å². The Balaban J connectivity index is 1.85. The highest BCUT2D eigenvalue weighted by molar-refractivity contribution is 9.10. The maximum Gasteiger partial charge on any atom is 0.268 e. The number of fused-ring (bicyclic) bond motifs is 1. The first-order chi connectivity index (χ1) is 14.0. The molecule has 0 aliphatic rings. The summed E-state index contributed by atoms with van der Waals surface area (Å²) in [6.07, 6.45) is 3.28. The van der Waals surface area contributed by atoms with Crippen molar-refractivity contribution < 1.29 is 0 Å². The number of benzene rings is 2. The van der Waals surface area contributed by atoms with E-state index in [0.29, 0.717) is 17.0 Å². The van der Waals surface area contributed by atoms with Crippen molar-refractivity contribution in [2.75, 3.05) is 5.32 Å². The number of aromatic nitrogens is 2. The zero-order valence-corrected chi connectivity index (χ0v) is 18.6. The topological polar surface area (TPSA) is 58.8 Å². The van der Waals surface area contributed by atoms with Crippen molar-refractivity contribution in [2.24, 2.45) is 4.99 Å². The predicted molar refractivity (Wildman–Crippen MR) is 125 cm³/mol. The summed E-state index contributed by atoms with van der Waals surface area (Å²) in [4.78, 5) is 22.4. The van der Waals surface area contributed by atoms with Crippen LogP contribution in [0.15, 0.2) is 85.6 Å². The lowest BCUT2D eigenvalue weighted by Gasteiger charge is -2.12. The van der Waals surface area contributed by atoms with Crippen LogP contribution in [0, 0.1) is 6.92 Å². The second-order valence-electron chi connectivity index (χ2n) is 6.43. The van der Waals surface area contributed by atoms with Gasteiger partial charge in [0.25, 0.3) is 5.56 Å². The van der Waals surface area contributed by atoms with E-state index in [2.05, 4.69) is 42.2 Å². The molecule has 0 saturated carbocycles. The molecular formula is C22H16Br2N4O. The zero-order valence-electron chi connectivity index (χ0n) is 15.4. The van der Waals surface area contributed by atoms with Crippen LogP contribution in [0.1, 0.15) is 11.1 Å². The van der Waals surface area contributed by atoms with Crippen molar-refractivity contribution >= 4 is 60.9 Å². The lowest BCUT2D eigenvalue weighted by Crippen LogP contribution is -2.22. The lowest BCUT2D eigenvalue weighted by molar-refractivity contribution is 1.03. The number of hydrogen-bond donors (Lipinski definition) is 1. The molecule has 2 heterocycles. The molecule has 0 spiro atoms. The van der Waals surface area contributed by atoms with Gasteiger partial charge in [0.1, 0.15) is 17.0 Å². The number of hydrogen-bond acceptors (Lipinski definition) is 4. The number of halogens is 2. The van der Waals surface area contributed by atoms with Crippen LogP contribution in [0.5, 0.6) is 0 Å². The van der Waals surface area contributed by atoms with Crippen LogP contribution in [-0.2, 0) is 0 Å². The van der Waals surface area contributed by atoms with Crippen LogP contribution >= 0.6 is 31.9 Å². The van der Waals surface area contributed by atoms with E-state index < -0.39 is 0 Å². The van der Waals surface area contributed by atoms with Crippen molar-refractivity contribution in [1.29, 1.82) is 0 Å². The van der Waals surface area contributed by atoms with Gasteiger partial charge in [0.2, 0.25) is 0 Å². The Labute approximate surface area is 184 Å². The van der Waals surface area contributed by atoms with Gasteiger partial charge in [-0.2, -0.15) is 0 Å². The minimum atomic E-state index is -0.181. The van der Waals surface area contributed by atoms with Crippen molar-refractivity contribution in [3.05, 3.63) is 97.3 Å². The minimum Gasteiger partial charge on any atom is -0.339 e. The number of aryl methyl sites for hydroxylation is 1. The molecule has 144 valence electrons. The van der Waals surface area contributed by atoms with E-state index in [1.165, 1.54) is 0 Å². The average molecular weight is 512 g/mol. The molecule has 7 heteroatoms. The van der Waals surface area contributed by atoms with E-state index in [0.717, 1.165) is 25.9 Å². The fourth-order valence-corrected chi connectivity index (χ4v) is 3.39. The molecule has 0 unspecified atom stereocenters. The van der Waals surface area contributed by atoms with Gasteiger partial charge in [-0.25, -0.2) is 4.98 Å². The predicted octanol–water partition coefficient (Wildman–Crippen LogP) is 6.02. The van der Waals surface area contributed by atoms with Crippen molar-refractivity contribution in [2.45, 2.75) is 6.92 Å². The summed E-state index contributed by atoms with van der Waals surface area (Å²) in [6.45, 7) is 1.93. The van der Waals surface area contributed by atoms with Gasteiger partial charge in [-0.1, -0.05) is 37.9 Å². The van der Waals surface area contributed by atoms with E-state index in [1.807, 2.05) is 67.6 Å². The number of aliphatic imine (C=N–C) groups is 1. The van der Waals surface area contributed by atoms with E-state index in [1.54, 1.807) is 16.8 Å². The molecule has 2 aromatic heterocycles. The highest BCUT2D eigenvalue weighted by Crippen LogP contribution is 2.21. The monoisotopic (exact) mass is 510 g/mol. The Bertz CT molecular complexity index is 1260. The first-order valence-electron chi connectivity index (χ1n) is 8.85. The molecule has 0 amide bonds. The maximum absolute atomic E-state index is 13.2. The molecule has 0 aliphatic carbocycles. The fraction of sp³-hybridized carbons (Fsp3) is 0.0455. The fourth-order valence-electron chi connectivity index (χ4n) is 2.86. The molecule has 0 atom stereocenters. The van der Waals surface area contributed by atoms with E-state index in [4.69, 9.17) is 4.98 Å². The lowest BCUT2D eigenvalue weighted by atomic mass is 10.2. The first kappa shape index (κ1) is 19.5. The summed E-state index contributed by atoms with van der Waals surface area (Å²) in [6, 6.07) is 19.0. The van der Waals surface area contributed by atoms with Crippen molar-refractivity contribution in [3.63, 3.8) is 0 Å². The van der Waals surface area contributed by atoms with E-state index in [9.17, 15) is 4.79 Å². The van der Waals surface area contributed by atoms with Crippen LogP contribution in [0.4, 0.5) is 17.2 Å². The molecule has 4 rings (SSSR count). The number of nitrogens with one attached hydrogen (secondary N) is 1. The Morgan fingerprint density at radius 1 is 1.00 bits per heavy atom. The highest BCUT2D eigenvalue weighted by atomic mass is 79.9. The third kappa shape index (κ3) is 4.31. The minimum absolute atomic E-state index is 0.181. The standard InChI is InChI=1S/C22H16Br2N4O/c1-14-3-2-12-28-21(14)27-20(26-18-10-6-16(24)7-11-18)19(22(28)29)13-25-17-8-4-15(23)5-9-17/h2-13,26H,1H3. The molecular weight excluding hydrogens is 496 g/mol. The molecule has 0 saturated heterocycles. The van der Waals surface area contributed by atoms with Crippen molar-refractivity contribution in [3.8, 4) is 0 Å². The van der Waals surface area contributed by atoms with Crippen LogP contribution in [0.3, 0.4) is 0 Å². The van der Waals surface area contributed by atoms with Gasteiger partial charge < -0.3 is 5.32 Å². The molecule has 2 aromatic carbocycles. The van der Waals surface area contributed by atoms with Crippen molar-refractivity contribution in [1.82, 2.24) is 9.38 Å². The van der Waals surface area contributed by atoms with E-state index >= 15 is 0 Å². The maximum atomic E-state index is 13.2. The third-order valence-corrected chi connectivity index (χ3v) is 5.42. The van der Waals surface area contributed by atoms with Gasteiger partial charge in [0, 0.05) is 27.0 Å². The molecule has 4 aromatic rings. The third-order valence-electron chi connectivity index (χ3n) is 4.36. The van der Waals surface area contributed by atoms with Gasteiger partial charge in [-0.15, -0.1) is 0 Å². The number of nitrogens with zero attached hydrogens (tertiary/aromatic N) is 3. The summed E-state index contributed by atoms with van der Waals surface area (Å²) >= 11 is 6.85. The molecule has 1 N–H and O–H groups in total. The van der Waals surface area contributed by atoms with Crippen LogP contribution in [0.2, 0.25) is 0 Å². The molecule has 0 bridgehead atoms. The molecule has 0 fully saturated rings. The van der Waals surface area contributed by atoms with Gasteiger partial charge in [-0.05, 0) is 67.1 Å².